The van der Waals surface area contributed by atoms with E-state index in [9.17, 15) is 18.0 Å². The molecule has 112 valence electrons. The molecule has 1 atom stereocenters. The first-order valence-electron chi connectivity index (χ1n) is 5.64. The minimum absolute atomic E-state index is 0.0160. The van der Waals surface area contributed by atoms with Crippen LogP contribution in [0.25, 0.3) is 0 Å². The Kier molecular flexibility index (Phi) is 6.31. The molecule has 0 aromatic heterocycles. The molecule has 1 aromatic rings. The van der Waals surface area contributed by atoms with Gasteiger partial charge in [-0.05, 0) is 29.5 Å². The highest BCUT2D eigenvalue weighted by molar-refractivity contribution is 8.00. The smallest absolute Gasteiger partial charge is 0.446 e. The first-order chi connectivity index (χ1) is 9.33. The molecule has 0 aliphatic heterocycles. The van der Waals surface area contributed by atoms with Crippen LogP contribution in [0, 0.1) is 0 Å². The van der Waals surface area contributed by atoms with E-state index in [1.807, 2.05) is 0 Å². The zero-order valence-electron chi connectivity index (χ0n) is 10.6. The van der Waals surface area contributed by atoms with Crippen LogP contribution in [0.15, 0.2) is 29.2 Å². The highest BCUT2D eigenvalue weighted by atomic mass is 32.2. The largest absolute Gasteiger partial charge is 0.480 e. The Bertz CT molecular complexity index is 437. The van der Waals surface area contributed by atoms with Crippen LogP contribution in [0.1, 0.15) is 11.6 Å². The van der Waals surface area contributed by atoms with Crippen LogP contribution in [-0.4, -0.2) is 36.8 Å². The second-order valence-corrected chi connectivity index (χ2v) is 4.97. The van der Waals surface area contributed by atoms with Gasteiger partial charge in [0.1, 0.15) is 6.04 Å². The summed E-state index contributed by atoms with van der Waals surface area (Å²) in [6.45, 7) is 0.665. The van der Waals surface area contributed by atoms with Crippen molar-refractivity contribution >= 4 is 17.7 Å². The molecule has 8 heteroatoms. The molecule has 1 aromatic carbocycles. The van der Waals surface area contributed by atoms with Crippen molar-refractivity contribution < 1.29 is 27.8 Å². The fourth-order valence-electron chi connectivity index (χ4n) is 1.52. The molecule has 0 fully saturated rings. The third-order valence-corrected chi connectivity index (χ3v) is 3.09. The monoisotopic (exact) mass is 309 g/mol. The molecular formula is C12H14F3NO3S. The minimum Gasteiger partial charge on any atom is -0.480 e. The zero-order valence-corrected chi connectivity index (χ0v) is 11.4. The number of alkyl halides is 3. The maximum absolute atomic E-state index is 12.2. The van der Waals surface area contributed by atoms with Crippen molar-refractivity contribution in [1.29, 1.82) is 0 Å². The van der Waals surface area contributed by atoms with Crippen molar-refractivity contribution in [2.45, 2.75) is 16.4 Å². The lowest BCUT2D eigenvalue weighted by Gasteiger charge is -2.15. The van der Waals surface area contributed by atoms with E-state index in [0.29, 0.717) is 18.7 Å². The summed E-state index contributed by atoms with van der Waals surface area (Å²) in [5.41, 5.74) is -3.97. The second-order valence-electron chi connectivity index (χ2n) is 3.84. The van der Waals surface area contributed by atoms with Crippen molar-refractivity contribution in [1.82, 2.24) is 5.32 Å². The van der Waals surface area contributed by atoms with E-state index >= 15 is 0 Å². The second kappa shape index (κ2) is 7.51. The number of thioether (sulfide) groups is 1. The fourth-order valence-corrected chi connectivity index (χ4v) is 2.05. The van der Waals surface area contributed by atoms with E-state index in [4.69, 9.17) is 9.84 Å². The average molecular weight is 309 g/mol. The summed E-state index contributed by atoms with van der Waals surface area (Å²) in [5.74, 6) is -1.10. The van der Waals surface area contributed by atoms with Crippen LogP contribution in [0.5, 0.6) is 0 Å². The van der Waals surface area contributed by atoms with E-state index in [0.717, 1.165) is 0 Å². The molecule has 1 rings (SSSR count). The molecule has 1 unspecified atom stereocenters. The number of methoxy groups -OCH3 is 1. The van der Waals surface area contributed by atoms with Gasteiger partial charge in [0.05, 0.1) is 6.61 Å². The maximum atomic E-state index is 12.2. The van der Waals surface area contributed by atoms with Gasteiger partial charge in [-0.1, -0.05) is 12.1 Å². The molecule has 0 aliphatic carbocycles. The van der Waals surface area contributed by atoms with Crippen molar-refractivity contribution in [3.8, 4) is 0 Å². The molecule has 0 aliphatic rings. The number of nitrogens with one attached hydrogen (secondary N) is 1. The number of benzene rings is 1. The third-order valence-electron chi connectivity index (χ3n) is 2.35. The molecule has 4 nitrogen and oxygen atoms in total. The maximum Gasteiger partial charge on any atom is 0.446 e. The van der Waals surface area contributed by atoms with Crippen molar-refractivity contribution in [3.05, 3.63) is 29.8 Å². The summed E-state index contributed by atoms with van der Waals surface area (Å²) >= 11 is -0.237. The van der Waals surface area contributed by atoms with E-state index in [1.165, 1.54) is 31.4 Å². The highest BCUT2D eigenvalue weighted by Crippen LogP contribution is 2.37. The molecule has 2 N–H and O–H groups in total. The third kappa shape index (κ3) is 5.81. The summed E-state index contributed by atoms with van der Waals surface area (Å²) in [5, 5.41) is 11.8. The number of carboxylic acids is 1. The van der Waals surface area contributed by atoms with Gasteiger partial charge in [-0.2, -0.15) is 13.2 Å². The number of rotatable bonds is 7. The van der Waals surface area contributed by atoms with E-state index in [2.05, 4.69) is 5.32 Å². The number of hydrogen-bond donors (Lipinski definition) is 2. The standard InChI is InChI=1S/C12H14F3NO3S/c1-19-7-6-16-10(11(17)18)8-2-4-9(5-3-8)20-12(13,14)15/h2-5,10,16H,6-7H2,1H3,(H,17,18). The van der Waals surface area contributed by atoms with Crippen LogP contribution in [-0.2, 0) is 9.53 Å². The lowest BCUT2D eigenvalue weighted by Crippen LogP contribution is -2.31. The van der Waals surface area contributed by atoms with Crippen LogP contribution in [0.3, 0.4) is 0 Å². The first-order valence-corrected chi connectivity index (χ1v) is 6.46. The molecule has 0 saturated heterocycles. The number of hydrogen-bond acceptors (Lipinski definition) is 4. The normalized spacial score (nSPS) is 13.2. The van der Waals surface area contributed by atoms with E-state index < -0.39 is 17.5 Å². The Hall–Kier alpha value is -1.25. The predicted molar refractivity (Wildman–Crippen MR) is 68.6 cm³/mol. The summed E-state index contributed by atoms with van der Waals surface area (Å²) in [6.07, 6.45) is 0. The number of carboxylic acid groups (broad SMARTS) is 1. The predicted octanol–water partition coefficient (Wildman–Crippen LogP) is 2.66. The topological polar surface area (TPSA) is 58.6 Å². The molecule has 0 amide bonds. The Balaban J connectivity index is 2.75. The summed E-state index contributed by atoms with van der Waals surface area (Å²) in [6, 6.07) is 4.26. The highest BCUT2D eigenvalue weighted by Gasteiger charge is 2.29. The molecule has 20 heavy (non-hydrogen) atoms. The van der Waals surface area contributed by atoms with Crippen molar-refractivity contribution in [2.24, 2.45) is 0 Å². The molecular weight excluding hydrogens is 295 g/mol. The zero-order chi connectivity index (χ0) is 15.2. The van der Waals surface area contributed by atoms with Gasteiger partial charge < -0.3 is 9.84 Å². The van der Waals surface area contributed by atoms with Gasteiger partial charge in [-0.25, -0.2) is 0 Å². The van der Waals surface area contributed by atoms with Gasteiger partial charge in [-0.15, -0.1) is 0 Å². The molecule has 0 spiro atoms. The van der Waals surface area contributed by atoms with Crippen LogP contribution in [0.2, 0.25) is 0 Å². The Morgan fingerprint density at radius 2 is 2.00 bits per heavy atom. The quantitative estimate of drug-likeness (QED) is 0.599. The lowest BCUT2D eigenvalue weighted by atomic mass is 10.1. The van der Waals surface area contributed by atoms with Gasteiger partial charge in [-0.3, -0.25) is 10.1 Å². The molecule has 0 heterocycles. The lowest BCUT2D eigenvalue weighted by molar-refractivity contribution is -0.139. The number of aliphatic carboxylic acids is 1. The average Bonchev–Trinajstić information content (AvgIpc) is 2.34. The van der Waals surface area contributed by atoms with Gasteiger partial charge in [0.25, 0.3) is 0 Å². The summed E-state index contributed by atoms with van der Waals surface area (Å²) < 4.78 is 41.3. The number of halogens is 3. The Labute approximate surface area is 118 Å². The molecule has 0 saturated carbocycles. The SMILES string of the molecule is COCCNC(C(=O)O)c1ccc(SC(F)(F)F)cc1. The Morgan fingerprint density at radius 1 is 1.40 bits per heavy atom. The van der Waals surface area contributed by atoms with Gasteiger partial charge in [0, 0.05) is 18.6 Å². The van der Waals surface area contributed by atoms with Crippen LogP contribution >= 0.6 is 11.8 Å². The van der Waals surface area contributed by atoms with Crippen LogP contribution in [0.4, 0.5) is 13.2 Å². The first kappa shape index (κ1) is 16.8. The summed E-state index contributed by atoms with van der Waals surface area (Å²) in [4.78, 5) is 11.1. The van der Waals surface area contributed by atoms with Crippen molar-refractivity contribution in [3.63, 3.8) is 0 Å². The van der Waals surface area contributed by atoms with E-state index in [-0.39, 0.29) is 16.7 Å². The van der Waals surface area contributed by atoms with Gasteiger partial charge in [0.15, 0.2) is 0 Å². The fraction of sp³-hybridized carbons (Fsp3) is 0.417. The molecule has 0 bridgehead atoms. The van der Waals surface area contributed by atoms with Crippen molar-refractivity contribution in [2.75, 3.05) is 20.3 Å². The minimum atomic E-state index is -4.36. The van der Waals surface area contributed by atoms with E-state index in [1.54, 1.807) is 0 Å². The number of ether oxygens (including phenoxy) is 1. The summed E-state index contributed by atoms with van der Waals surface area (Å²) in [7, 11) is 1.49. The van der Waals surface area contributed by atoms with Gasteiger partial charge in [0.2, 0.25) is 0 Å². The molecule has 0 radical (unpaired) electrons. The number of carbonyl (C=O) groups is 1. The van der Waals surface area contributed by atoms with Crippen LogP contribution < -0.4 is 5.32 Å². The Morgan fingerprint density at radius 3 is 2.45 bits per heavy atom. The van der Waals surface area contributed by atoms with Gasteiger partial charge >= 0.3 is 11.5 Å².